The molecule has 1 aliphatic rings. The molecule has 2 rings (SSSR count). The largest absolute Gasteiger partial charge is 0.316 e. The Balaban J connectivity index is 0.00000162. The minimum Gasteiger partial charge on any atom is -0.316 e. The summed E-state index contributed by atoms with van der Waals surface area (Å²) in [4.78, 5) is 0. The molecule has 1 saturated heterocycles. The number of benzene rings is 1. The lowest BCUT2D eigenvalue weighted by molar-refractivity contribution is 0.189. The number of rotatable bonds is 2. The molecule has 0 radical (unpaired) electrons. The van der Waals surface area contributed by atoms with Crippen LogP contribution < -0.4 is 5.32 Å². The van der Waals surface area contributed by atoms with E-state index in [-0.39, 0.29) is 23.6 Å². The lowest BCUT2D eigenvalue weighted by atomic mass is 9.69. The van der Waals surface area contributed by atoms with Gasteiger partial charge in [0.15, 0.2) is 0 Å². The van der Waals surface area contributed by atoms with Crippen LogP contribution >= 0.6 is 12.4 Å². The number of halogens is 2. The standard InChI is InChI=1S/C14H17FN2.ClH/c1-11-9-17-7-6-14(11,10-16)8-12-2-4-13(15)5-3-12;/h2-5,11,17H,6-9H2,1H3;1H. The molecule has 0 bridgehead atoms. The maximum atomic E-state index is 12.8. The van der Waals surface area contributed by atoms with Gasteiger partial charge in [-0.15, -0.1) is 12.4 Å². The molecule has 2 atom stereocenters. The van der Waals surface area contributed by atoms with Gasteiger partial charge in [0.1, 0.15) is 5.82 Å². The van der Waals surface area contributed by atoms with Crippen LogP contribution in [-0.2, 0) is 6.42 Å². The zero-order chi connectivity index (χ0) is 12.3. The van der Waals surface area contributed by atoms with Crippen molar-refractivity contribution in [3.8, 4) is 6.07 Å². The Labute approximate surface area is 114 Å². The first-order chi connectivity index (χ1) is 8.16. The molecular formula is C14H18ClFN2. The molecule has 0 aromatic heterocycles. The highest BCUT2D eigenvalue weighted by atomic mass is 35.5. The number of nitriles is 1. The summed E-state index contributed by atoms with van der Waals surface area (Å²) in [5.41, 5.74) is 0.741. The molecule has 0 aliphatic carbocycles. The molecule has 0 spiro atoms. The number of nitrogens with zero attached hydrogens (tertiary/aromatic N) is 1. The predicted molar refractivity (Wildman–Crippen MR) is 72.0 cm³/mol. The third kappa shape index (κ3) is 3.01. The fraction of sp³-hybridized carbons (Fsp3) is 0.500. The van der Waals surface area contributed by atoms with Crippen molar-refractivity contribution in [2.24, 2.45) is 11.3 Å². The van der Waals surface area contributed by atoms with E-state index in [1.165, 1.54) is 12.1 Å². The zero-order valence-electron chi connectivity index (χ0n) is 10.4. The Morgan fingerprint density at radius 2 is 2.11 bits per heavy atom. The Morgan fingerprint density at radius 1 is 1.44 bits per heavy atom. The topological polar surface area (TPSA) is 35.8 Å². The van der Waals surface area contributed by atoms with E-state index in [0.717, 1.165) is 25.1 Å². The van der Waals surface area contributed by atoms with E-state index in [2.05, 4.69) is 18.3 Å². The summed E-state index contributed by atoms with van der Waals surface area (Å²) in [6.07, 6.45) is 1.58. The van der Waals surface area contributed by atoms with E-state index >= 15 is 0 Å². The lowest BCUT2D eigenvalue weighted by Crippen LogP contribution is -2.44. The molecule has 4 heteroatoms. The molecule has 1 aliphatic heterocycles. The van der Waals surface area contributed by atoms with Gasteiger partial charge in [0.05, 0.1) is 11.5 Å². The quantitative estimate of drug-likeness (QED) is 0.895. The molecule has 0 saturated carbocycles. The fourth-order valence-corrected chi connectivity index (χ4v) is 2.51. The summed E-state index contributed by atoms with van der Waals surface area (Å²) in [5.74, 6) is 0.101. The van der Waals surface area contributed by atoms with Crippen molar-refractivity contribution >= 4 is 12.4 Å². The molecule has 2 nitrogen and oxygen atoms in total. The van der Waals surface area contributed by atoms with Crippen LogP contribution in [0.4, 0.5) is 4.39 Å². The van der Waals surface area contributed by atoms with Crippen molar-refractivity contribution in [2.75, 3.05) is 13.1 Å². The second-order valence-electron chi connectivity index (χ2n) is 4.93. The van der Waals surface area contributed by atoms with Crippen LogP contribution in [0, 0.1) is 28.5 Å². The molecule has 2 unspecified atom stereocenters. The smallest absolute Gasteiger partial charge is 0.123 e. The van der Waals surface area contributed by atoms with E-state index in [4.69, 9.17) is 0 Å². The van der Waals surface area contributed by atoms with Gasteiger partial charge < -0.3 is 5.32 Å². The van der Waals surface area contributed by atoms with Crippen molar-refractivity contribution < 1.29 is 4.39 Å². The van der Waals surface area contributed by atoms with E-state index in [1.54, 1.807) is 12.1 Å². The Kier molecular flexibility index (Phi) is 5.13. The van der Waals surface area contributed by atoms with Gasteiger partial charge >= 0.3 is 0 Å². The summed E-state index contributed by atoms with van der Waals surface area (Å²) in [6, 6.07) is 8.99. The van der Waals surface area contributed by atoms with Crippen molar-refractivity contribution in [1.82, 2.24) is 5.32 Å². The SMILES string of the molecule is CC1CNCCC1(C#N)Cc1ccc(F)cc1.Cl. The first-order valence-corrected chi connectivity index (χ1v) is 6.03. The third-order valence-electron chi connectivity index (χ3n) is 3.80. The highest BCUT2D eigenvalue weighted by Crippen LogP contribution is 2.36. The van der Waals surface area contributed by atoms with Crippen LogP contribution in [0.5, 0.6) is 0 Å². The normalized spacial score (nSPS) is 27.1. The monoisotopic (exact) mass is 268 g/mol. The fourth-order valence-electron chi connectivity index (χ4n) is 2.51. The highest BCUT2D eigenvalue weighted by Gasteiger charge is 2.38. The molecule has 18 heavy (non-hydrogen) atoms. The number of nitrogens with one attached hydrogen (secondary N) is 1. The highest BCUT2D eigenvalue weighted by molar-refractivity contribution is 5.85. The Bertz CT molecular complexity index is 426. The Hall–Kier alpha value is -1.11. The van der Waals surface area contributed by atoms with Crippen LogP contribution in [0.15, 0.2) is 24.3 Å². The Morgan fingerprint density at radius 3 is 2.67 bits per heavy atom. The van der Waals surface area contributed by atoms with E-state index in [1.807, 2.05) is 0 Å². The third-order valence-corrected chi connectivity index (χ3v) is 3.80. The van der Waals surface area contributed by atoms with Crippen LogP contribution in [0.1, 0.15) is 18.9 Å². The summed E-state index contributed by atoms with van der Waals surface area (Å²) in [7, 11) is 0. The average Bonchev–Trinajstić information content (AvgIpc) is 2.35. The second kappa shape index (κ2) is 6.17. The summed E-state index contributed by atoms with van der Waals surface area (Å²) in [5, 5.41) is 12.8. The van der Waals surface area contributed by atoms with Gasteiger partial charge in [-0.2, -0.15) is 5.26 Å². The molecule has 0 amide bonds. The van der Waals surface area contributed by atoms with Gasteiger partial charge in [-0.1, -0.05) is 19.1 Å². The molecule has 1 heterocycles. The van der Waals surface area contributed by atoms with Crippen molar-refractivity contribution in [3.05, 3.63) is 35.6 Å². The van der Waals surface area contributed by atoms with Crippen molar-refractivity contribution in [1.29, 1.82) is 5.26 Å². The van der Waals surface area contributed by atoms with Crippen LogP contribution in [0.2, 0.25) is 0 Å². The summed E-state index contributed by atoms with van der Waals surface area (Å²) >= 11 is 0. The van der Waals surface area contributed by atoms with E-state index in [0.29, 0.717) is 12.3 Å². The van der Waals surface area contributed by atoms with E-state index < -0.39 is 0 Å². The van der Waals surface area contributed by atoms with Gasteiger partial charge in [-0.05, 0) is 49.5 Å². The van der Waals surface area contributed by atoms with Crippen molar-refractivity contribution in [2.45, 2.75) is 19.8 Å². The maximum Gasteiger partial charge on any atom is 0.123 e. The number of hydrogen-bond donors (Lipinski definition) is 1. The minimum atomic E-state index is -0.303. The number of hydrogen-bond acceptors (Lipinski definition) is 2. The van der Waals surface area contributed by atoms with E-state index in [9.17, 15) is 9.65 Å². The molecule has 98 valence electrons. The summed E-state index contributed by atoms with van der Waals surface area (Å²) in [6.45, 7) is 3.88. The first kappa shape index (κ1) is 14.9. The maximum absolute atomic E-state index is 12.8. The first-order valence-electron chi connectivity index (χ1n) is 6.03. The van der Waals surface area contributed by atoms with Gasteiger partial charge in [-0.25, -0.2) is 4.39 Å². The molecular weight excluding hydrogens is 251 g/mol. The average molecular weight is 269 g/mol. The van der Waals surface area contributed by atoms with Crippen LogP contribution in [0.3, 0.4) is 0 Å². The van der Waals surface area contributed by atoms with Gasteiger partial charge in [0.2, 0.25) is 0 Å². The molecule has 1 aromatic rings. The van der Waals surface area contributed by atoms with Crippen LogP contribution in [0.25, 0.3) is 0 Å². The molecule has 1 fully saturated rings. The molecule has 1 aromatic carbocycles. The van der Waals surface area contributed by atoms with Crippen LogP contribution in [-0.4, -0.2) is 13.1 Å². The number of piperidine rings is 1. The van der Waals surface area contributed by atoms with Gasteiger partial charge in [-0.3, -0.25) is 0 Å². The molecule has 1 N–H and O–H groups in total. The lowest BCUT2D eigenvalue weighted by Gasteiger charge is -2.37. The summed E-state index contributed by atoms with van der Waals surface area (Å²) < 4.78 is 12.8. The van der Waals surface area contributed by atoms with Gasteiger partial charge in [0.25, 0.3) is 0 Å². The zero-order valence-corrected chi connectivity index (χ0v) is 11.3. The van der Waals surface area contributed by atoms with Crippen molar-refractivity contribution in [3.63, 3.8) is 0 Å². The van der Waals surface area contributed by atoms with Gasteiger partial charge in [0, 0.05) is 0 Å². The minimum absolute atomic E-state index is 0. The second-order valence-corrected chi connectivity index (χ2v) is 4.93. The predicted octanol–water partition coefficient (Wildman–Crippen LogP) is 2.93.